The van der Waals surface area contributed by atoms with Crippen LogP contribution in [-0.4, -0.2) is 11.7 Å². The molecule has 3 N–H and O–H groups in total. The highest BCUT2D eigenvalue weighted by atomic mass is 32.1. The molecule has 0 aliphatic rings. The molecule has 4 heteroatoms. The largest absolute Gasteiger partial charge is 0.504 e. The number of aromatic hydroxyl groups is 1. The van der Waals surface area contributed by atoms with E-state index in [0.717, 1.165) is 5.56 Å². The van der Waals surface area contributed by atoms with Crippen LogP contribution in [0.5, 0.6) is 11.5 Å². The molecular formula is C13H15NO2S. The van der Waals surface area contributed by atoms with Crippen molar-refractivity contribution in [3.05, 3.63) is 46.2 Å². The van der Waals surface area contributed by atoms with E-state index in [4.69, 9.17) is 10.5 Å². The summed E-state index contributed by atoms with van der Waals surface area (Å²) in [5.41, 5.74) is 7.81. The maximum atomic E-state index is 10.1. The molecule has 2 rings (SSSR count). The Hall–Kier alpha value is -1.52. The van der Waals surface area contributed by atoms with Gasteiger partial charge in [0, 0.05) is 5.56 Å². The summed E-state index contributed by atoms with van der Waals surface area (Å²) in [6.07, 6.45) is 0. The monoisotopic (exact) mass is 249 g/mol. The van der Waals surface area contributed by atoms with Crippen LogP contribution in [0.1, 0.15) is 24.1 Å². The van der Waals surface area contributed by atoms with Crippen LogP contribution < -0.4 is 10.5 Å². The molecule has 0 aliphatic heterocycles. The second kappa shape index (κ2) is 5.21. The predicted octanol–water partition coefficient (Wildman–Crippen LogP) is 2.90. The summed E-state index contributed by atoms with van der Waals surface area (Å²) in [6.45, 7) is 2.40. The van der Waals surface area contributed by atoms with Gasteiger partial charge in [-0.15, -0.1) is 0 Å². The number of phenols is 1. The third kappa shape index (κ3) is 2.43. The van der Waals surface area contributed by atoms with Crippen LogP contribution in [0.4, 0.5) is 0 Å². The Bertz CT molecular complexity index is 482. The van der Waals surface area contributed by atoms with Gasteiger partial charge in [0.25, 0.3) is 0 Å². The van der Waals surface area contributed by atoms with Gasteiger partial charge >= 0.3 is 0 Å². The topological polar surface area (TPSA) is 55.5 Å². The maximum Gasteiger partial charge on any atom is 0.162 e. The minimum atomic E-state index is -0.318. The van der Waals surface area contributed by atoms with E-state index in [1.807, 2.05) is 35.9 Å². The van der Waals surface area contributed by atoms with Gasteiger partial charge in [0.15, 0.2) is 11.5 Å². The fraction of sp³-hybridized carbons (Fsp3) is 0.231. The Morgan fingerprint density at radius 1 is 1.41 bits per heavy atom. The Labute approximate surface area is 104 Å². The van der Waals surface area contributed by atoms with Gasteiger partial charge in [0.1, 0.15) is 0 Å². The summed E-state index contributed by atoms with van der Waals surface area (Å²) < 4.78 is 5.34. The van der Waals surface area contributed by atoms with Crippen LogP contribution >= 0.6 is 11.3 Å². The van der Waals surface area contributed by atoms with E-state index in [-0.39, 0.29) is 11.8 Å². The molecule has 0 amide bonds. The molecule has 0 radical (unpaired) electrons. The van der Waals surface area contributed by atoms with Gasteiger partial charge in [-0.2, -0.15) is 11.3 Å². The van der Waals surface area contributed by atoms with Gasteiger partial charge in [-0.3, -0.25) is 0 Å². The second-order valence-electron chi connectivity index (χ2n) is 3.66. The quantitative estimate of drug-likeness (QED) is 0.876. The van der Waals surface area contributed by atoms with Gasteiger partial charge < -0.3 is 15.6 Å². The second-order valence-corrected chi connectivity index (χ2v) is 4.44. The Morgan fingerprint density at radius 2 is 2.24 bits per heavy atom. The van der Waals surface area contributed by atoms with Crippen molar-refractivity contribution < 1.29 is 9.84 Å². The van der Waals surface area contributed by atoms with Crippen LogP contribution in [0.2, 0.25) is 0 Å². The fourth-order valence-corrected chi connectivity index (χ4v) is 2.39. The van der Waals surface area contributed by atoms with Crippen LogP contribution in [0.15, 0.2) is 35.0 Å². The smallest absolute Gasteiger partial charge is 0.162 e. The van der Waals surface area contributed by atoms with Crippen LogP contribution in [0.25, 0.3) is 0 Å². The van der Waals surface area contributed by atoms with Crippen molar-refractivity contribution in [1.29, 1.82) is 0 Å². The first kappa shape index (κ1) is 12.0. The average molecular weight is 249 g/mol. The molecule has 0 saturated carbocycles. The SMILES string of the molecule is CCOc1cccc([C@@H](N)c2ccsc2)c1O. The van der Waals surface area contributed by atoms with E-state index in [1.165, 1.54) is 0 Å². The normalized spacial score (nSPS) is 12.4. The van der Waals surface area contributed by atoms with Gasteiger partial charge in [-0.05, 0) is 35.4 Å². The molecule has 1 atom stereocenters. The lowest BCUT2D eigenvalue weighted by molar-refractivity contribution is 0.316. The van der Waals surface area contributed by atoms with Crippen molar-refractivity contribution in [2.24, 2.45) is 5.73 Å². The number of para-hydroxylation sites is 1. The van der Waals surface area contributed by atoms with Crippen molar-refractivity contribution in [2.75, 3.05) is 6.61 Å². The van der Waals surface area contributed by atoms with Gasteiger partial charge in [0.2, 0.25) is 0 Å². The third-order valence-electron chi connectivity index (χ3n) is 2.57. The van der Waals surface area contributed by atoms with E-state index >= 15 is 0 Å². The lowest BCUT2D eigenvalue weighted by Gasteiger charge is -2.15. The number of phenolic OH excluding ortho intramolecular Hbond substituents is 1. The Balaban J connectivity index is 2.35. The van der Waals surface area contributed by atoms with E-state index in [1.54, 1.807) is 17.4 Å². The average Bonchev–Trinajstić information content (AvgIpc) is 2.85. The molecule has 3 nitrogen and oxygen atoms in total. The standard InChI is InChI=1S/C13H15NO2S/c1-2-16-11-5-3-4-10(13(11)15)12(14)9-6-7-17-8-9/h3-8,12,15H,2,14H2,1H3/t12-/m0/s1. The maximum absolute atomic E-state index is 10.1. The molecule has 1 heterocycles. The molecule has 1 aromatic carbocycles. The molecule has 0 aliphatic carbocycles. The lowest BCUT2D eigenvalue weighted by Crippen LogP contribution is -2.11. The summed E-state index contributed by atoms with van der Waals surface area (Å²) in [4.78, 5) is 0. The zero-order valence-corrected chi connectivity index (χ0v) is 10.4. The fourth-order valence-electron chi connectivity index (χ4n) is 1.69. The first-order chi connectivity index (χ1) is 8.24. The van der Waals surface area contributed by atoms with Gasteiger partial charge in [0.05, 0.1) is 12.6 Å². The minimum Gasteiger partial charge on any atom is -0.504 e. The van der Waals surface area contributed by atoms with E-state index in [2.05, 4.69) is 0 Å². The van der Waals surface area contributed by atoms with E-state index < -0.39 is 0 Å². The third-order valence-corrected chi connectivity index (χ3v) is 3.27. The minimum absolute atomic E-state index is 0.132. The van der Waals surface area contributed by atoms with Crippen molar-refractivity contribution >= 4 is 11.3 Å². The predicted molar refractivity (Wildman–Crippen MR) is 69.6 cm³/mol. The molecular weight excluding hydrogens is 234 g/mol. The molecule has 1 aromatic heterocycles. The molecule has 0 bridgehead atoms. The number of hydrogen-bond acceptors (Lipinski definition) is 4. The van der Waals surface area contributed by atoms with Crippen LogP contribution in [0, 0.1) is 0 Å². The zero-order chi connectivity index (χ0) is 12.3. The Morgan fingerprint density at radius 3 is 2.88 bits per heavy atom. The van der Waals surface area contributed by atoms with Crippen molar-refractivity contribution in [3.63, 3.8) is 0 Å². The Kier molecular flexibility index (Phi) is 3.66. The molecule has 0 spiro atoms. The highest BCUT2D eigenvalue weighted by molar-refractivity contribution is 7.08. The number of ether oxygens (including phenoxy) is 1. The van der Waals surface area contributed by atoms with Gasteiger partial charge in [-0.1, -0.05) is 12.1 Å². The molecule has 2 aromatic rings. The summed E-state index contributed by atoms with van der Waals surface area (Å²) in [5.74, 6) is 0.615. The number of benzene rings is 1. The molecule has 90 valence electrons. The highest BCUT2D eigenvalue weighted by Gasteiger charge is 2.16. The zero-order valence-electron chi connectivity index (χ0n) is 9.59. The molecule has 17 heavy (non-hydrogen) atoms. The summed E-state index contributed by atoms with van der Waals surface area (Å²) >= 11 is 1.59. The summed E-state index contributed by atoms with van der Waals surface area (Å²) in [6, 6.07) is 7.04. The lowest BCUT2D eigenvalue weighted by atomic mass is 10.0. The summed E-state index contributed by atoms with van der Waals surface area (Å²) in [5, 5.41) is 14.0. The number of thiophene rings is 1. The van der Waals surface area contributed by atoms with Crippen LogP contribution in [-0.2, 0) is 0 Å². The molecule has 0 saturated heterocycles. The summed E-state index contributed by atoms with van der Waals surface area (Å²) in [7, 11) is 0. The highest BCUT2D eigenvalue weighted by Crippen LogP contribution is 2.35. The number of nitrogens with two attached hydrogens (primary N) is 1. The van der Waals surface area contributed by atoms with E-state index in [9.17, 15) is 5.11 Å². The first-order valence-electron chi connectivity index (χ1n) is 5.46. The number of hydrogen-bond donors (Lipinski definition) is 2. The van der Waals surface area contributed by atoms with Crippen molar-refractivity contribution in [3.8, 4) is 11.5 Å². The van der Waals surface area contributed by atoms with Gasteiger partial charge in [-0.25, -0.2) is 0 Å². The van der Waals surface area contributed by atoms with Crippen molar-refractivity contribution in [1.82, 2.24) is 0 Å². The van der Waals surface area contributed by atoms with E-state index in [0.29, 0.717) is 17.9 Å². The number of rotatable bonds is 4. The van der Waals surface area contributed by atoms with Crippen LogP contribution in [0.3, 0.4) is 0 Å². The van der Waals surface area contributed by atoms with Crippen molar-refractivity contribution in [2.45, 2.75) is 13.0 Å². The first-order valence-corrected chi connectivity index (χ1v) is 6.40. The molecule has 0 fully saturated rings. The molecule has 0 unspecified atom stereocenters.